The van der Waals surface area contributed by atoms with Gasteiger partial charge in [0.1, 0.15) is 23.2 Å². The molecule has 8 atom stereocenters. The minimum atomic E-state index is -3.80. The molecule has 2 aromatic carbocycles. The number of amides is 7. The van der Waals surface area contributed by atoms with Crippen LogP contribution in [0.3, 0.4) is 0 Å². The van der Waals surface area contributed by atoms with E-state index in [9.17, 15) is 42.3 Å². The van der Waals surface area contributed by atoms with Crippen molar-refractivity contribution in [2.45, 2.75) is 118 Å². The van der Waals surface area contributed by atoms with Gasteiger partial charge < -0.3 is 35.3 Å². The van der Waals surface area contributed by atoms with E-state index in [0.29, 0.717) is 44.0 Å². The van der Waals surface area contributed by atoms with Crippen molar-refractivity contribution in [3.8, 4) is 22.8 Å². The van der Waals surface area contributed by atoms with Crippen LogP contribution >= 0.6 is 0 Å². The standard InChI is InChI=1S/C27H34N8O5S.C24H29N7O4/c1-33-14-8-3-2-7-11-19-16-27(19,25(37)31-41(39,40)21-12-13-21)28-24(36)22-15-20(17-34(22)26(33)38)35-30-23(29-32-35)18-9-5-4-6-10-18;1-29-12-8-3-2-7-11-17-14-24(17,22(33)34)25-21(32)19-13-18(15-30(19)23(29)35)31-27-20(26-28-31)16-9-5-4-6-10-16/h4-7,9-11,19-22H,2-3,8,12-17H2,1H3,(H,28,36)(H,31,37);4-7,9-11,17-19H,2-3,8,12-15H2,1H3,(H,25,32)(H,33,34)/b2*11-7-/t19-,20+,22-,27-;17-,18+,19-,24-/m00/s1. The molecule has 402 valence electrons. The predicted octanol–water partition coefficient (Wildman–Crippen LogP) is 2.94. The van der Waals surface area contributed by atoms with Gasteiger partial charge in [-0.15, -0.1) is 20.4 Å². The van der Waals surface area contributed by atoms with Gasteiger partial charge in [0.25, 0.3) is 5.91 Å². The first-order chi connectivity index (χ1) is 36.6. The highest BCUT2D eigenvalue weighted by atomic mass is 32.2. The number of carboxylic acids is 1. The van der Waals surface area contributed by atoms with E-state index in [1.54, 1.807) is 23.9 Å². The molecule has 0 unspecified atom stereocenters. The summed E-state index contributed by atoms with van der Waals surface area (Å²) in [5.74, 6) is -2.44. The maximum absolute atomic E-state index is 13.8. The molecule has 4 N–H and O–H groups in total. The third kappa shape index (κ3) is 10.8. The molecule has 25 heteroatoms. The lowest BCUT2D eigenvalue weighted by molar-refractivity contribution is -0.144. The summed E-state index contributed by atoms with van der Waals surface area (Å²) in [6.45, 7) is 1.53. The third-order valence-corrected chi connectivity index (χ3v) is 17.4. The SMILES string of the molecule is CN1CCCC/C=C\[C@H]2C[C@]2(C(=O)NS(=O)(=O)C2CC2)NC(=O)[C@@H]2C[C@@H](n3nnc(-c4ccccc4)n3)CN2C1=O.CN1CCCC/C=C\[C@H]2C[C@]2(C(=O)O)NC(=O)[C@@H]2C[C@@H](n3nnc(-c4ccccc4)n3)CN2C1=O. The fraction of sp³-hybridized carbons (Fsp3) is 0.529. The second-order valence-corrected chi connectivity index (χ2v) is 23.0. The number of tetrazole rings is 2. The topological polar surface area (TPSA) is 293 Å². The van der Waals surface area contributed by atoms with Gasteiger partial charge in [0.15, 0.2) is 0 Å². The van der Waals surface area contributed by atoms with Crippen LogP contribution in [0.1, 0.15) is 89.1 Å². The van der Waals surface area contributed by atoms with Gasteiger partial charge in [0.2, 0.25) is 33.5 Å². The molecule has 7 aliphatic rings. The summed E-state index contributed by atoms with van der Waals surface area (Å²) in [6, 6.07) is 15.8. The number of hydrogen-bond donors (Lipinski definition) is 4. The van der Waals surface area contributed by atoms with E-state index < -0.39 is 68.2 Å². The van der Waals surface area contributed by atoms with E-state index in [1.807, 2.05) is 85.0 Å². The summed E-state index contributed by atoms with van der Waals surface area (Å²) in [5.41, 5.74) is -1.08. The summed E-state index contributed by atoms with van der Waals surface area (Å²) in [4.78, 5) is 88.7. The molecule has 0 radical (unpaired) electrons. The Morgan fingerprint density at radius 3 is 1.57 bits per heavy atom. The summed E-state index contributed by atoms with van der Waals surface area (Å²) in [7, 11) is -0.362. The lowest BCUT2D eigenvalue weighted by atomic mass is 10.1. The summed E-state index contributed by atoms with van der Waals surface area (Å²) in [5, 5.41) is 40.7. The number of hydrogen-bond acceptors (Lipinski definition) is 14. The fourth-order valence-electron chi connectivity index (χ4n) is 10.7. The van der Waals surface area contributed by atoms with Crippen LogP contribution in [0.25, 0.3) is 22.8 Å². The van der Waals surface area contributed by atoms with E-state index in [4.69, 9.17) is 0 Å². The van der Waals surface area contributed by atoms with E-state index >= 15 is 0 Å². The number of carboxylic acid groups (broad SMARTS) is 1. The van der Waals surface area contributed by atoms with Crippen LogP contribution < -0.4 is 15.4 Å². The van der Waals surface area contributed by atoms with Crippen LogP contribution in [-0.4, -0.2) is 178 Å². The molecular weight excluding hydrogens is 999 g/mol. The number of rotatable bonds is 8. The molecule has 4 aliphatic heterocycles. The first kappa shape index (κ1) is 51.9. The molecular formula is C51H63N15O9S. The Morgan fingerprint density at radius 1 is 0.658 bits per heavy atom. The molecule has 2 aromatic heterocycles. The van der Waals surface area contributed by atoms with Crippen LogP contribution in [0.2, 0.25) is 0 Å². The highest BCUT2D eigenvalue weighted by molar-refractivity contribution is 7.91. The molecule has 2 saturated heterocycles. The molecule has 6 heterocycles. The molecule has 7 amide bonds. The van der Waals surface area contributed by atoms with Crippen LogP contribution in [-0.2, 0) is 29.2 Å². The fourth-order valence-corrected chi connectivity index (χ4v) is 12.0. The van der Waals surface area contributed by atoms with E-state index in [0.717, 1.165) is 49.7 Å². The Kier molecular flexibility index (Phi) is 14.5. The van der Waals surface area contributed by atoms with Gasteiger partial charge >= 0.3 is 18.0 Å². The Bertz CT molecular complexity index is 3020. The number of carbonyl (C=O) groups is 6. The van der Waals surface area contributed by atoms with E-state index in [1.165, 1.54) is 19.4 Å². The zero-order valence-electron chi connectivity index (χ0n) is 42.4. The third-order valence-electron chi connectivity index (χ3n) is 15.6. The quantitative estimate of drug-likeness (QED) is 0.185. The predicted molar refractivity (Wildman–Crippen MR) is 273 cm³/mol. The van der Waals surface area contributed by atoms with Gasteiger partial charge in [0, 0.05) is 76.1 Å². The Labute approximate surface area is 439 Å². The van der Waals surface area contributed by atoms with Gasteiger partial charge in [-0.3, -0.25) is 19.1 Å². The number of sulfonamides is 1. The Balaban J connectivity index is 0.000000175. The van der Waals surface area contributed by atoms with Crippen molar-refractivity contribution in [2.24, 2.45) is 11.8 Å². The van der Waals surface area contributed by atoms with E-state index in [-0.39, 0.29) is 62.3 Å². The molecule has 4 aromatic rings. The van der Waals surface area contributed by atoms with Crippen molar-refractivity contribution in [3.05, 3.63) is 85.0 Å². The maximum Gasteiger partial charge on any atom is 0.330 e. The average molecular weight is 1060 g/mol. The average Bonchev–Trinajstić information content (AvgIpc) is 4.39. The normalized spacial score (nSPS) is 29.9. The van der Waals surface area contributed by atoms with Gasteiger partial charge in [-0.05, 0) is 74.6 Å². The lowest BCUT2D eigenvalue weighted by Crippen LogP contribution is -2.57. The molecule has 76 heavy (non-hydrogen) atoms. The van der Waals surface area contributed by atoms with Gasteiger partial charge in [-0.25, -0.2) is 22.8 Å². The summed E-state index contributed by atoms with van der Waals surface area (Å²) >= 11 is 0. The van der Waals surface area contributed by atoms with Gasteiger partial charge in [-0.1, -0.05) is 85.0 Å². The summed E-state index contributed by atoms with van der Waals surface area (Å²) in [6.07, 6.45) is 14.8. The van der Waals surface area contributed by atoms with Gasteiger partial charge in [-0.2, -0.15) is 9.59 Å². The number of fused-ring (bicyclic) bond motifs is 4. The van der Waals surface area contributed by atoms with Crippen LogP contribution in [0, 0.1) is 11.8 Å². The monoisotopic (exact) mass is 1060 g/mol. The van der Waals surface area contributed by atoms with E-state index in [2.05, 4.69) is 46.2 Å². The van der Waals surface area contributed by atoms with Crippen LogP contribution in [0.5, 0.6) is 0 Å². The van der Waals surface area contributed by atoms with Crippen LogP contribution in [0.4, 0.5) is 9.59 Å². The highest BCUT2D eigenvalue weighted by Gasteiger charge is 2.63. The number of allylic oxidation sites excluding steroid dienone is 2. The molecule has 3 saturated carbocycles. The minimum absolute atomic E-state index is 0.185. The molecule has 5 fully saturated rings. The zero-order valence-corrected chi connectivity index (χ0v) is 43.2. The highest BCUT2D eigenvalue weighted by Crippen LogP contribution is 2.47. The molecule has 11 rings (SSSR count). The van der Waals surface area contributed by atoms with Gasteiger partial charge in [0.05, 0.1) is 17.3 Å². The zero-order chi connectivity index (χ0) is 53.4. The first-order valence-electron chi connectivity index (χ1n) is 26.1. The van der Waals surface area contributed by atoms with Crippen molar-refractivity contribution in [2.75, 3.05) is 40.3 Å². The van der Waals surface area contributed by atoms with Crippen molar-refractivity contribution >= 4 is 45.8 Å². The summed E-state index contributed by atoms with van der Waals surface area (Å²) < 4.78 is 27.4. The number of aliphatic carboxylic acids is 1. The number of nitrogens with zero attached hydrogens (tertiary/aromatic N) is 12. The molecule has 0 spiro atoms. The maximum atomic E-state index is 13.8. The largest absolute Gasteiger partial charge is 0.479 e. The number of benzene rings is 2. The first-order valence-corrected chi connectivity index (χ1v) is 27.6. The molecule has 3 aliphatic carbocycles. The van der Waals surface area contributed by atoms with Crippen molar-refractivity contribution < 1.29 is 42.3 Å². The minimum Gasteiger partial charge on any atom is -0.479 e. The van der Waals surface area contributed by atoms with Crippen molar-refractivity contribution in [1.29, 1.82) is 0 Å². The number of carbonyl (C=O) groups excluding carboxylic acids is 5. The smallest absolute Gasteiger partial charge is 0.330 e. The van der Waals surface area contributed by atoms with Crippen LogP contribution in [0.15, 0.2) is 85.0 Å². The lowest BCUT2D eigenvalue weighted by Gasteiger charge is -2.30. The Morgan fingerprint density at radius 2 is 1.11 bits per heavy atom. The molecule has 24 nitrogen and oxygen atoms in total. The second-order valence-electron chi connectivity index (χ2n) is 21.0. The van der Waals surface area contributed by atoms with Crippen molar-refractivity contribution in [3.63, 3.8) is 0 Å². The Hall–Kier alpha value is -7.57. The number of urea groups is 2. The molecule has 0 bridgehead atoms. The van der Waals surface area contributed by atoms with Crippen molar-refractivity contribution in [1.82, 2.24) is 75.4 Å². The second kappa shape index (κ2) is 21.2. The number of nitrogens with one attached hydrogen (secondary N) is 3. The number of aromatic nitrogens is 8.